The number of piperidine rings is 1. The van der Waals surface area contributed by atoms with Gasteiger partial charge in [0.25, 0.3) is 5.91 Å². The number of methoxy groups -OCH3 is 1. The second-order valence-corrected chi connectivity index (χ2v) is 8.95. The molecule has 0 atom stereocenters. The predicted octanol–water partition coefficient (Wildman–Crippen LogP) is 3.08. The predicted molar refractivity (Wildman–Crippen MR) is 114 cm³/mol. The average molecular weight is 432 g/mol. The maximum atomic E-state index is 13.1. The molecule has 2 aromatic carbocycles. The SMILES string of the molecule is COc1ccc(NC(=O)c2cccc(NC(C)=O)c2)cc1S(=O)(=O)N1CCCCC1. The number of hydrogen-bond acceptors (Lipinski definition) is 5. The molecule has 0 unspecified atom stereocenters. The molecule has 1 fully saturated rings. The van der Waals surface area contributed by atoms with Gasteiger partial charge in [0, 0.05) is 37.0 Å². The molecule has 3 rings (SSSR count). The van der Waals surface area contributed by atoms with Gasteiger partial charge in [0.05, 0.1) is 7.11 Å². The normalized spacial score (nSPS) is 14.7. The molecular weight excluding hydrogens is 406 g/mol. The number of rotatable bonds is 6. The van der Waals surface area contributed by atoms with E-state index >= 15 is 0 Å². The van der Waals surface area contributed by atoms with E-state index in [1.54, 1.807) is 30.3 Å². The molecule has 9 heteroatoms. The van der Waals surface area contributed by atoms with Crippen molar-refractivity contribution in [2.75, 3.05) is 30.8 Å². The number of amides is 2. The maximum absolute atomic E-state index is 13.1. The molecule has 0 saturated carbocycles. The summed E-state index contributed by atoms with van der Waals surface area (Å²) in [5.74, 6) is -0.435. The fourth-order valence-electron chi connectivity index (χ4n) is 3.35. The molecule has 1 aliphatic heterocycles. The third-order valence-electron chi connectivity index (χ3n) is 4.80. The second-order valence-electron chi connectivity index (χ2n) is 7.05. The van der Waals surface area contributed by atoms with Gasteiger partial charge in [-0.05, 0) is 49.2 Å². The second kappa shape index (κ2) is 9.27. The maximum Gasteiger partial charge on any atom is 0.255 e. The zero-order valence-corrected chi connectivity index (χ0v) is 17.8. The van der Waals surface area contributed by atoms with Crippen molar-refractivity contribution >= 4 is 33.2 Å². The van der Waals surface area contributed by atoms with Gasteiger partial charge < -0.3 is 15.4 Å². The standard InChI is InChI=1S/C21H25N3O5S/c1-15(25)22-17-8-6-7-16(13-17)21(26)23-18-9-10-19(29-2)20(14-18)30(27,28)24-11-4-3-5-12-24/h6-10,13-14H,3-5,11-12H2,1-2H3,(H,22,25)(H,23,26). The minimum Gasteiger partial charge on any atom is -0.495 e. The summed E-state index contributed by atoms with van der Waals surface area (Å²) < 4.78 is 32.9. The van der Waals surface area contributed by atoms with Crippen LogP contribution in [0.25, 0.3) is 0 Å². The zero-order valence-electron chi connectivity index (χ0n) is 17.0. The number of carbonyl (C=O) groups excluding carboxylic acids is 2. The van der Waals surface area contributed by atoms with Crippen LogP contribution in [-0.4, -0.2) is 44.7 Å². The summed E-state index contributed by atoms with van der Waals surface area (Å²) in [6.07, 6.45) is 2.65. The lowest BCUT2D eigenvalue weighted by Gasteiger charge is -2.26. The lowest BCUT2D eigenvalue weighted by atomic mass is 10.2. The highest BCUT2D eigenvalue weighted by atomic mass is 32.2. The largest absolute Gasteiger partial charge is 0.495 e. The smallest absolute Gasteiger partial charge is 0.255 e. The van der Waals surface area contributed by atoms with Crippen molar-refractivity contribution in [2.24, 2.45) is 0 Å². The fourth-order valence-corrected chi connectivity index (χ4v) is 5.04. The van der Waals surface area contributed by atoms with E-state index in [1.165, 1.54) is 30.5 Å². The van der Waals surface area contributed by atoms with E-state index in [1.807, 2.05) is 0 Å². The van der Waals surface area contributed by atoms with Gasteiger partial charge in [-0.1, -0.05) is 12.5 Å². The monoisotopic (exact) mass is 431 g/mol. The Hall–Kier alpha value is -2.91. The van der Waals surface area contributed by atoms with Crippen molar-refractivity contribution in [2.45, 2.75) is 31.1 Å². The van der Waals surface area contributed by atoms with E-state index in [-0.39, 0.29) is 16.6 Å². The van der Waals surface area contributed by atoms with E-state index in [2.05, 4.69) is 10.6 Å². The third kappa shape index (κ3) is 4.98. The van der Waals surface area contributed by atoms with Crippen molar-refractivity contribution < 1.29 is 22.7 Å². The Morgan fingerprint density at radius 3 is 2.33 bits per heavy atom. The first-order valence-corrected chi connectivity index (χ1v) is 11.1. The van der Waals surface area contributed by atoms with Crippen molar-refractivity contribution in [1.82, 2.24) is 4.31 Å². The summed E-state index contributed by atoms with van der Waals surface area (Å²) in [7, 11) is -2.33. The van der Waals surface area contributed by atoms with Crippen LogP contribution in [0.1, 0.15) is 36.5 Å². The highest BCUT2D eigenvalue weighted by molar-refractivity contribution is 7.89. The van der Waals surface area contributed by atoms with E-state index in [0.717, 1.165) is 19.3 Å². The van der Waals surface area contributed by atoms with Crippen LogP contribution < -0.4 is 15.4 Å². The lowest BCUT2D eigenvalue weighted by molar-refractivity contribution is -0.114. The van der Waals surface area contributed by atoms with Crippen molar-refractivity contribution in [3.05, 3.63) is 48.0 Å². The van der Waals surface area contributed by atoms with E-state index in [9.17, 15) is 18.0 Å². The first kappa shape index (κ1) is 21.8. The minimum atomic E-state index is -3.74. The summed E-state index contributed by atoms with van der Waals surface area (Å²) in [5, 5.41) is 5.34. The average Bonchev–Trinajstić information content (AvgIpc) is 2.74. The first-order valence-electron chi connectivity index (χ1n) is 9.68. The summed E-state index contributed by atoms with van der Waals surface area (Å²) in [6.45, 7) is 2.32. The zero-order chi connectivity index (χ0) is 21.7. The Balaban J connectivity index is 1.86. The molecule has 0 spiro atoms. The lowest BCUT2D eigenvalue weighted by Crippen LogP contribution is -2.35. The van der Waals surface area contributed by atoms with Crippen LogP contribution in [0, 0.1) is 0 Å². The molecule has 2 N–H and O–H groups in total. The van der Waals surface area contributed by atoms with E-state index in [4.69, 9.17) is 4.74 Å². The summed E-state index contributed by atoms with van der Waals surface area (Å²) in [5.41, 5.74) is 1.16. The van der Waals surface area contributed by atoms with Gasteiger partial charge in [0.15, 0.2) is 0 Å². The van der Waals surface area contributed by atoms with E-state index in [0.29, 0.717) is 30.0 Å². The quantitative estimate of drug-likeness (QED) is 0.731. The number of sulfonamides is 1. The van der Waals surface area contributed by atoms with Gasteiger partial charge in [-0.25, -0.2) is 8.42 Å². The van der Waals surface area contributed by atoms with Gasteiger partial charge in [-0.3, -0.25) is 9.59 Å². The number of benzene rings is 2. The van der Waals surface area contributed by atoms with Crippen LogP contribution in [0.15, 0.2) is 47.4 Å². The molecule has 8 nitrogen and oxygen atoms in total. The molecule has 0 bridgehead atoms. The van der Waals surface area contributed by atoms with Crippen LogP contribution in [0.4, 0.5) is 11.4 Å². The molecule has 2 amide bonds. The highest BCUT2D eigenvalue weighted by Gasteiger charge is 2.29. The molecule has 0 aromatic heterocycles. The topological polar surface area (TPSA) is 105 Å². The van der Waals surface area contributed by atoms with Gasteiger partial charge in [-0.15, -0.1) is 0 Å². The van der Waals surface area contributed by atoms with Crippen LogP contribution in [-0.2, 0) is 14.8 Å². The molecule has 1 heterocycles. The minimum absolute atomic E-state index is 0.0247. The van der Waals surface area contributed by atoms with Crippen molar-refractivity contribution in [3.8, 4) is 5.75 Å². The van der Waals surface area contributed by atoms with Gasteiger partial charge >= 0.3 is 0 Å². The van der Waals surface area contributed by atoms with E-state index < -0.39 is 15.9 Å². The van der Waals surface area contributed by atoms with Crippen LogP contribution >= 0.6 is 0 Å². The molecule has 1 saturated heterocycles. The summed E-state index contributed by atoms with van der Waals surface area (Å²) in [4.78, 5) is 23.9. The summed E-state index contributed by atoms with van der Waals surface area (Å²) in [6, 6.07) is 11.0. The number of hydrogen-bond donors (Lipinski definition) is 2. The van der Waals surface area contributed by atoms with Gasteiger partial charge in [-0.2, -0.15) is 4.31 Å². The molecule has 0 radical (unpaired) electrons. The Labute approximate surface area is 176 Å². The van der Waals surface area contributed by atoms with Crippen LogP contribution in [0.2, 0.25) is 0 Å². The molecule has 30 heavy (non-hydrogen) atoms. The highest BCUT2D eigenvalue weighted by Crippen LogP contribution is 2.31. The summed E-state index contributed by atoms with van der Waals surface area (Å²) >= 11 is 0. The molecule has 0 aliphatic carbocycles. The first-order chi connectivity index (χ1) is 14.3. The number of ether oxygens (including phenoxy) is 1. The number of carbonyl (C=O) groups is 2. The Morgan fingerprint density at radius 2 is 1.67 bits per heavy atom. The van der Waals surface area contributed by atoms with Crippen molar-refractivity contribution in [3.63, 3.8) is 0 Å². The Morgan fingerprint density at radius 1 is 0.967 bits per heavy atom. The van der Waals surface area contributed by atoms with Gasteiger partial charge in [0.2, 0.25) is 15.9 Å². The van der Waals surface area contributed by atoms with Crippen molar-refractivity contribution in [1.29, 1.82) is 0 Å². The fraction of sp³-hybridized carbons (Fsp3) is 0.333. The van der Waals surface area contributed by atoms with Gasteiger partial charge in [0.1, 0.15) is 10.6 Å². The number of anilines is 2. The number of nitrogens with zero attached hydrogens (tertiary/aromatic N) is 1. The molecule has 160 valence electrons. The Bertz CT molecular complexity index is 1050. The molecular formula is C21H25N3O5S. The number of nitrogens with one attached hydrogen (secondary N) is 2. The molecule has 2 aromatic rings. The Kier molecular flexibility index (Phi) is 6.73. The van der Waals surface area contributed by atoms with Crippen LogP contribution in [0.5, 0.6) is 5.75 Å². The molecule has 1 aliphatic rings. The third-order valence-corrected chi connectivity index (χ3v) is 6.72. The van der Waals surface area contributed by atoms with Crippen LogP contribution in [0.3, 0.4) is 0 Å².